The van der Waals surface area contributed by atoms with Crippen molar-refractivity contribution in [1.29, 1.82) is 0 Å². The van der Waals surface area contributed by atoms with Gasteiger partial charge in [0.05, 0.1) is 12.7 Å². The first kappa shape index (κ1) is 14.1. The van der Waals surface area contributed by atoms with Crippen LogP contribution in [0.1, 0.15) is 19.3 Å². The number of thioether (sulfide) groups is 1. The lowest BCUT2D eigenvalue weighted by molar-refractivity contribution is -0.133. The third kappa shape index (κ3) is 4.93. The Kier molecular flexibility index (Phi) is 7.25. The zero-order valence-electron chi connectivity index (χ0n) is 9.78. The predicted octanol–water partition coefficient (Wildman–Crippen LogP) is 1.99. The van der Waals surface area contributed by atoms with Crippen LogP contribution in [0.5, 0.6) is 0 Å². The van der Waals surface area contributed by atoms with Crippen LogP contribution in [0, 0.1) is 0 Å². The first-order valence-electron chi connectivity index (χ1n) is 5.72. The molecule has 0 atom stereocenters. The van der Waals surface area contributed by atoms with Crippen molar-refractivity contribution in [2.24, 2.45) is 0 Å². The standard InChI is InChI=1S/C11H20ClNO2S/c1-16-9-4-11(14)13-6-2-10(3-7-13)15-8-5-12/h10H,2-9H2,1H3. The van der Waals surface area contributed by atoms with Crippen molar-refractivity contribution in [2.75, 3.05) is 37.6 Å². The molecule has 0 aromatic heterocycles. The molecule has 16 heavy (non-hydrogen) atoms. The summed E-state index contributed by atoms with van der Waals surface area (Å²) < 4.78 is 5.57. The average Bonchev–Trinajstić information content (AvgIpc) is 2.34. The summed E-state index contributed by atoms with van der Waals surface area (Å²) in [7, 11) is 0. The van der Waals surface area contributed by atoms with Crippen LogP contribution >= 0.6 is 23.4 Å². The Balaban J connectivity index is 2.18. The highest BCUT2D eigenvalue weighted by atomic mass is 35.5. The molecule has 0 saturated carbocycles. The first-order valence-corrected chi connectivity index (χ1v) is 7.65. The van der Waals surface area contributed by atoms with Crippen LogP contribution in [0.3, 0.4) is 0 Å². The van der Waals surface area contributed by atoms with Crippen LogP contribution < -0.4 is 0 Å². The lowest BCUT2D eigenvalue weighted by atomic mass is 10.1. The Labute approximate surface area is 107 Å². The zero-order valence-corrected chi connectivity index (χ0v) is 11.4. The van der Waals surface area contributed by atoms with Gasteiger partial charge in [-0.05, 0) is 19.1 Å². The molecule has 1 fully saturated rings. The van der Waals surface area contributed by atoms with Crippen LogP contribution in [0.25, 0.3) is 0 Å². The highest BCUT2D eigenvalue weighted by Gasteiger charge is 2.22. The first-order chi connectivity index (χ1) is 7.77. The van der Waals surface area contributed by atoms with Gasteiger partial charge in [-0.3, -0.25) is 4.79 Å². The number of amides is 1. The van der Waals surface area contributed by atoms with Gasteiger partial charge in [0.15, 0.2) is 0 Å². The fourth-order valence-electron chi connectivity index (χ4n) is 1.83. The molecule has 0 bridgehead atoms. The van der Waals surface area contributed by atoms with Gasteiger partial charge in [-0.2, -0.15) is 11.8 Å². The summed E-state index contributed by atoms with van der Waals surface area (Å²) in [5, 5.41) is 0. The Morgan fingerprint density at radius 1 is 1.50 bits per heavy atom. The molecule has 0 aromatic rings. The van der Waals surface area contributed by atoms with Gasteiger partial charge in [0.25, 0.3) is 0 Å². The van der Waals surface area contributed by atoms with Crippen molar-refractivity contribution in [3.63, 3.8) is 0 Å². The topological polar surface area (TPSA) is 29.5 Å². The van der Waals surface area contributed by atoms with E-state index in [9.17, 15) is 4.79 Å². The van der Waals surface area contributed by atoms with Crippen molar-refractivity contribution in [3.05, 3.63) is 0 Å². The number of rotatable bonds is 6. The van der Waals surface area contributed by atoms with E-state index in [4.69, 9.17) is 16.3 Å². The molecular weight excluding hydrogens is 246 g/mol. The monoisotopic (exact) mass is 265 g/mol. The molecular formula is C11H20ClNO2S. The van der Waals surface area contributed by atoms with Gasteiger partial charge < -0.3 is 9.64 Å². The predicted molar refractivity (Wildman–Crippen MR) is 69.3 cm³/mol. The Morgan fingerprint density at radius 2 is 2.19 bits per heavy atom. The Hall–Kier alpha value is 0.0700. The van der Waals surface area contributed by atoms with Gasteiger partial charge in [-0.1, -0.05) is 0 Å². The Morgan fingerprint density at radius 3 is 2.75 bits per heavy atom. The van der Waals surface area contributed by atoms with E-state index >= 15 is 0 Å². The minimum atomic E-state index is 0.283. The van der Waals surface area contributed by atoms with Crippen molar-refractivity contribution in [3.8, 4) is 0 Å². The van der Waals surface area contributed by atoms with E-state index in [1.54, 1.807) is 11.8 Å². The van der Waals surface area contributed by atoms with Crippen molar-refractivity contribution in [2.45, 2.75) is 25.4 Å². The summed E-state index contributed by atoms with van der Waals surface area (Å²) in [6, 6.07) is 0. The number of piperidine rings is 1. The van der Waals surface area contributed by atoms with Gasteiger partial charge in [0.1, 0.15) is 0 Å². The summed E-state index contributed by atoms with van der Waals surface area (Å²) in [5.41, 5.74) is 0. The van der Waals surface area contributed by atoms with Crippen molar-refractivity contribution in [1.82, 2.24) is 4.90 Å². The van der Waals surface area contributed by atoms with E-state index in [1.807, 2.05) is 11.2 Å². The van der Waals surface area contributed by atoms with Crippen molar-refractivity contribution >= 4 is 29.3 Å². The fourth-order valence-corrected chi connectivity index (χ4v) is 2.30. The maximum absolute atomic E-state index is 11.7. The van der Waals surface area contributed by atoms with Crippen LogP contribution in [0.15, 0.2) is 0 Å². The summed E-state index contributed by atoms with van der Waals surface area (Å²) >= 11 is 7.28. The van der Waals surface area contributed by atoms with E-state index in [0.717, 1.165) is 31.7 Å². The number of halogens is 1. The van der Waals surface area contributed by atoms with Gasteiger partial charge in [-0.15, -0.1) is 11.6 Å². The molecule has 0 aliphatic carbocycles. The van der Waals surface area contributed by atoms with Crippen LogP contribution in [-0.4, -0.2) is 54.5 Å². The number of likely N-dealkylation sites (tertiary alicyclic amines) is 1. The average molecular weight is 266 g/mol. The van der Waals surface area contributed by atoms with E-state index < -0.39 is 0 Å². The fraction of sp³-hybridized carbons (Fsp3) is 0.909. The van der Waals surface area contributed by atoms with E-state index in [2.05, 4.69) is 0 Å². The maximum Gasteiger partial charge on any atom is 0.223 e. The highest BCUT2D eigenvalue weighted by molar-refractivity contribution is 7.98. The SMILES string of the molecule is CSCCC(=O)N1CCC(OCCCl)CC1. The van der Waals surface area contributed by atoms with Crippen LogP contribution in [0.2, 0.25) is 0 Å². The third-order valence-corrected chi connectivity index (χ3v) is 3.51. The minimum absolute atomic E-state index is 0.283. The molecule has 1 aliphatic heterocycles. The number of ether oxygens (including phenoxy) is 1. The molecule has 1 heterocycles. The second-order valence-electron chi connectivity index (χ2n) is 3.88. The highest BCUT2D eigenvalue weighted by Crippen LogP contribution is 2.15. The van der Waals surface area contributed by atoms with Gasteiger partial charge in [-0.25, -0.2) is 0 Å². The summed E-state index contributed by atoms with van der Waals surface area (Å²) in [6.07, 6.45) is 4.88. The maximum atomic E-state index is 11.7. The lowest BCUT2D eigenvalue weighted by Crippen LogP contribution is -2.41. The number of carbonyl (C=O) groups excluding carboxylic acids is 1. The normalized spacial score (nSPS) is 17.8. The summed E-state index contributed by atoms with van der Waals surface area (Å²) in [5.74, 6) is 1.75. The van der Waals surface area contributed by atoms with Crippen LogP contribution in [0.4, 0.5) is 0 Å². The largest absolute Gasteiger partial charge is 0.377 e. The van der Waals surface area contributed by atoms with Crippen LogP contribution in [-0.2, 0) is 9.53 Å². The summed E-state index contributed by atoms with van der Waals surface area (Å²) in [6.45, 7) is 2.28. The number of nitrogens with zero attached hydrogens (tertiary/aromatic N) is 1. The minimum Gasteiger partial charge on any atom is -0.377 e. The zero-order chi connectivity index (χ0) is 11.8. The molecule has 5 heteroatoms. The van der Waals surface area contributed by atoms with Gasteiger partial charge >= 0.3 is 0 Å². The lowest BCUT2D eigenvalue weighted by Gasteiger charge is -2.31. The second-order valence-corrected chi connectivity index (χ2v) is 5.25. The van der Waals surface area contributed by atoms with E-state index in [-0.39, 0.29) is 5.91 Å². The quantitative estimate of drug-likeness (QED) is 0.688. The van der Waals surface area contributed by atoms with Crippen molar-refractivity contribution < 1.29 is 9.53 Å². The van der Waals surface area contributed by atoms with E-state index in [1.165, 1.54) is 0 Å². The number of alkyl halides is 1. The van der Waals surface area contributed by atoms with Gasteiger partial charge in [0.2, 0.25) is 5.91 Å². The number of carbonyl (C=O) groups is 1. The Bertz CT molecular complexity index is 208. The molecule has 0 unspecified atom stereocenters. The molecule has 0 N–H and O–H groups in total. The summed E-state index contributed by atoms with van der Waals surface area (Å²) in [4.78, 5) is 13.7. The smallest absolute Gasteiger partial charge is 0.223 e. The third-order valence-electron chi connectivity index (χ3n) is 2.75. The number of hydrogen-bond donors (Lipinski definition) is 0. The molecule has 1 rings (SSSR count). The molecule has 0 spiro atoms. The molecule has 1 aliphatic rings. The second kappa shape index (κ2) is 8.20. The molecule has 0 radical (unpaired) electrons. The molecule has 1 saturated heterocycles. The molecule has 0 aromatic carbocycles. The number of hydrogen-bond acceptors (Lipinski definition) is 3. The van der Waals surface area contributed by atoms with E-state index in [0.29, 0.717) is 25.0 Å². The molecule has 3 nitrogen and oxygen atoms in total. The van der Waals surface area contributed by atoms with Gasteiger partial charge in [0, 0.05) is 31.1 Å². The molecule has 94 valence electrons. The molecule has 1 amide bonds.